The average Bonchev–Trinajstić information content (AvgIpc) is 2.40. The Morgan fingerprint density at radius 2 is 1.45 bits per heavy atom. The van der Waals surface area contributed by atoms with E-state index in [-0.39, 0.29) is 5.75 Å². The first-order chi connectivity index (χ1) is 9.53. The first kappa shape index (κ1) is 14.3. The average molecular weight is 282 g/mol. The van der Waals surface area contributed by atoms with Gasteiger partial charge >= 0.3 is 6.36 Å². The van der Waals surface area contributed by atoms with Gasteiger partial charge in [0.1, 0.15) is 5.75 Å². The van der Waals surface area contributed by atoms with Gasteiger partial charge in [0.15, 0.2) is 0 Å². The second kappa shape index (κ2) is 6.38. The molecule has 2 rings (SSSR count). The fourth-order valence-electron chi connectivity index (χ4n) is 1.66. The number of ether oxygens (including phenoxy) is 1. The van der Waals surface area contributed by atoms with Crippen LogP contribution in [-0.2, 0) is 13.1 Å². The molecule has 0 saturated carbocycles. The highest BCUT2D eigenvalue weighted by Gasteiger charge is 2.30. The molecule has 0 saturated heterocycles. The van der Waals surface area contributed by atoms with Crippen LogP contribution in [0.15, 0.2) is 48.8 Å². The Hall–Kier alpha value is -2.08. The van der Waals surface area contributed by atoms with Crippen LogP contribution in [0.5, 0.6) is 5.75 Å². The van der Waals surface area contributed by atoms with Crippen molar-refractivity contribution in [2.45, 2.75) is 19.5 Å². The first-order valence-electron chi connectivity index (χ1n) is 5.97. The Labute approximate surface area is 114 Å². The summed E-state index contributed by atoms with van der Waals surface area (Å²) in [6.07, 6.45) is -1.23. The molecule has 0 radical (unpaired) electrons. The van der Waals surface area contributed by atoms with Gasteiger partial charge in [0.25, 0.3) is 0 Å². The van der Waals surface area contributed by atoms with E-state index < -0.39 is 6.36 Å². The van der Waals surface area contributed by atoms with Gasteiger partial charge in [-0.15, -0.1) is 13.2 Å². The lowest BCUT2D eigenvalue weighted by Gasteiger charge is -2.09. The van der Waals surface area contributed by atoms with Gasteiger partial charge in [0.05, 0.1) is 0 Å². The molecule has 1 heterocycles. The number of rotatable bonds is 5. The van der Waals surface area contributed by atoms with Crippen molar-refractivity contribution in [1.29, 1.82) is 0 Å². The number of pyridine rings is 1. The highest BCUT2D eigenvalue weighted by atomic mass is 19.4. The third-order valence-electron chi connectivity index (χ3n) is 2.56. The smallest absolute Gasteiger partial charge is 0.406 e. The lowest BCUT2D eigenvalue weighted by molar-refractivity contribution is -0.274. The molecule has 6 heteroatoms. The first-order valence-corrected chi connectivity index (χ1v) is 5.97. The van der Waals surface area contributed by atoms with E-state index in [1.165, 1.54) is 12.1 Å². The molecule has 0 spiro atoms. The normalized spacial score (nSPS) is 11.3. The topological polar surface area (TPSA) is 34.1 Å². The number of benzene rings is 1. The van der Waals surface area contributed by atoms with Crippen molar-refractivity contribution in [2.75, 3.05) is 0 Å². The molecule has 0 aliphatic heterocycles. The van der Waals surface area contributed by atoms with Gasteiger partial charge in [-0.1, -0.05) is 12.1 Å². The Bertz CT molecular complexity index is 526. The molecule has 0 aliphatic rings. The summed E-state index contributed by atoms with van der Waals surface area (Å²) in [5.41, 5.74) is 1.98. The van der Waals surface area contributed by atoms with Crippen molar-refractivity contribution in [3.05, 3.63) is 59.9 Å². The Morgan fingerprint density at radius 1 is 0.900 bits per heavy atom. The van der Waals surface area contributed by atoms with Gasteiger partial charge in [0.2, 0.25) is 0 Å². The Balaban J connectivity index is 1.82. The molecular formula is C14H13F3N2O. The number of halogens is 3. The van der Waals surface area contributed by atoms with Gasteiger partial charge in [-0.2, -0.15) is 0 Å². The van der Waals surface area contributed by atoms with Crippen molar-refractivity contribution in [3.8, 4) is 5.75 Å². The molecule has 1 N–H and O–H groups in total. The summed E-state index contributed by atoms with van der Waals surface area (Å²) in [6, 6.07) is 9.59. The second-order valence-corrected chi connectivity index (χ2v) is 4.15. The summed E-state index contributed by atoms with van der Waals surface area (Å²) in [5, 5.41) is 3.19. The zero-order chi connectivity index (χ0) is 14.4. The highest BCUT2D eigenvalue weighted by molar-refractivity contribution is 5.27. The fourth-order valence-corrected chi connectivity index (χ4v) is 1.66. The molecule has 2 aromatic rings. The summed E-state index contributed by atoms with van der Waals surface area (Å²) in [7, 11) is 0. The highest BCUT2D eigenvalue weighted by Crippen LogP contribution is 2.22. The van der Waals surface area contributed by atoms with Crippen LogP contribution in [-0.4, -0.2) is 11.3 Å². The number of nitrogens with zero attached hydrogens (tertiary/aromatic N) is 1. The number of aromatic nitrogens is 1. The Morgan fingerprint density at radius 3 is 2.00 bits per heavy atom. The van der Waals surface area contributed by atoms with Crippen molar-refractivity contribution >= 4 is 0 Å². The van der Waals surface area contributed by atoms with Crippen molar-refractivity contribution in [3.63, 3.8) is 0 Å². The van der Waals surface area contributed by atoms with E-state index in [0.29, 0.717) is 13.1 Å². The molecule has 20 heavy (non-hydrogen) atoms. The molecule has 0 unspecified atom stereocenters. The molecule has 0 atom stereocenters. The van der Waals surface area contributed by atoms with Crippen LogP contribution < -0.4 is 10.1 Å². The molecule has 1 aromatic heterocycles. The lowest BCUT2D eigenvalue weighted by Crippen LogP contribution is -2.17. The third-order valence-corrected chi connectivity index (χ3v) is 2.56. The zero-order valence-corrected chi connectivity index (χ0v) is 10.5. The van der Waals surface area contributed by atoms with E-state index in [2.05, 4.69) is 15.0 Å². The van der Waals surface area contributed by atoms with E-state index in [1.54, 1.807) is 24.5 Å². The molecule has 0 fully saturated rings. The number of alkyl halides is 3. The van der Waals surface area contributed by atoms with Crippen LogP contribution in [0.25, 0.3) is 0 Å². The van der Waals surface area contributed by atoms with Gasteiger partial charge in [0, 0.05) is 25.5 Å². The molecule has 0 amide bonds. The summed E-state index contributed by atoms with van der Waals surface area (Å²) in [5.74, 6) is -0.213. The van der Waals surface area contributed by atoms with Crippen molar-refractivity contribution in [1.82, 2.24) is 10.3 Å². The largest absolute Gasteiger partial charge is 0.573 e. The van der Waals surface area contributed by atoms with E-state index >= 15 is 0 Å². The van der Waals surface area contributed by atoms with E-state index in [9.17, 15) is 13.2 Å². The summed E-state index contributed by atoms with van der Waals surface area (Å²) >= 11 is 0. The van der Waals surface area contributed by atoms with Crippen LogP contribution in [0.1, 0.15) is 11.1 Å². The minimum Gasteiger partial charge on any atom is -0.406 e. The van der Waals surface area contributed by atoms with Crippen LogP contribution in [0.3, 0.4) is 0 Å². The molecule has 106 valence electrons. The van der Waals surface area contributed by atoms with Crippen molar-refractivity contribution in [2.24, 2.45) is 0 Å². The summed E-state index contributed by atoms with van der Waals surface area (Å²) in [4.78, 5) is 3.92. The van der Waals surface area contributed by atoms with E-state index in [1.807, 2.05) is 12.1 Å². The summed E-state index contributed by atoms with van der Waals surface area (Å²) < 4.78 is 39.8. The summed E-state index contributed by atoms with van der Waals surface area (Å²) in [6.45, 7) is 1.23. The van der Waals surface area contributed by atoms with Crippen LogP contribution >= 0.6 is 0 Å². The van der Waals surface area contributed by atoms with Crippen LogP contribution in [0.2, 0.25) is 0 Å². The van der Waals surface area contributed by atoms with Crippen molar-refractivity contribution < 1.29 is 17.9 Å². The van der Waals surface area contributed by atoms with E-state index in [0.717, 1.165) is 11.1 Å². The molecule has 0 bridgehead atoms. The van der Waals surface area contributed by atoms with Gasteiger partial charge in [-0.3, -0.25) is 4.98 Å². The maximum atomic E-state index is 12.0. The third kappa shape index (κ3) is 4.89. The standard InChI is InChI=1S/C14H13F3N2O/c15-14(16,17)20-13-3-1-11(2-4-13)9-19-10-12-5-7-18-8-6-12/h1-8,19H,9-10H2. The number of hydrogen-bond donors (Lipinski definition) is 1. The predicted molar refractivity (Wildman–Crippen MR) is 67.9 cm³/mol. The van der Waals surface area contributed by atoms with Crippen LogP contribution in [0.4, 0.5) is 13.2 Å². The molecule has 1 aromatic carbocycles. The molecular weight excluding hydrogens is 269 g/mol. The van der Waals surface area contributed by atoms with Gasteiger partial charge < -0.3 is 10.1 Å². The SMILES string of the molecule is FC(F)(F)Oc1ccc(CNCc2ccncc2)cc1. The van der Waals surface area contributed by atoms with Crippen LogP contribution in [0, 0.1) is 0 Å². The maximum Gasteiger partial charge on any atom is 0.573 e. The minimum absolute atomic E-state index is 0.213. The minimum atomic E-state index is -4.65. The zero-order valence-electron chi connectivity index (χ0n) is 10.5. The van der Waals surface area contributed by atoms with Gasteiger partial charge in [-0.05, 0) is 35.4 Å². The van der Waals surface area contributed by atoms with Gasteiger partial charge in [-0.25, -0.2) is 0 Å². The maximum absolute atomic E-state index is 12.0. The number of nitrogens with one attached hydrogen (secondary N) is 1. The predicted octanol–water partition coefficient (Wildman–Crippen LogP) is 3.27. The fraction of sp³-hybridized carbons (Fsp3) is 0.214. The Kier molecular flexibility index (Phi) is 4.57. The quantitative estimate of drug-likeness (QED) is 0.914. The number of hydrogen-bond acceptors (Lipinski definition) is 3. The lowest BCUT2D eigenvalue weighted by atomic mass is 10.2. The second-order valence-electron chi connectivity index (χ2n) is 4.15. The van der Waals surface area contributed by atoms with E-state index in [4.69, 9.17) is 0 Å². The molecule has 0 aliphatic carbocycles. The molecule has 3 nitrogen and oxygen atoms in total. The monoisotopic (exact) mass is 282 g/mol.